The first-order chi connectivity index (χ1) is 10.7. The molecule has 0 aliphatic rings. The van der Waals surface area contributed by atoms with E-state index in [0.717, 1.165) is 18.4 Å². The fraction of sp³-hybridized carbons (Fsp3) is 0.333. The molecule has 0 N–H and O–H groups in total. The van der Waals surface area contributed by atoms with Crippen molar-refractivity contribution in [2.45, 2.75) is 19.4 Å². The largest absolute Gasteiger partial charge is 0.502 e. The van der Waals surface area contributed by atoms with Gasteiger partial charge < -0.3 is 13.6 Å². The van der Waals surface area contributed by atoms with Gasteiger partial charge in [0.1, 0.15) is 0 Å². The number of hydrogen-bond acceptors (Lipinski definition) is 3. The van der Waals surface area contributed by atoms with E-state index in [-0.39, 0.29) is 0 Å². The standard InChI is InChI=1S/C18H26O3Si/c1-4-19-15-9-10-16-20-22(3,5-2)21-17-11-14-18-12-7-6-8-13-18/h4-8,11-14H,1-2,9-10,15-17H2,3H3/b14-11+. The SMILES string of the molecule is C=COCCCCO[Si](C)(C=C)OC/C=C/c1ccccc1. The van der Waals surface area contributed by atoms with Crippen LogP contribution in [0.3, 0.4) is 0 Å². The average molecular weight is 318 g/mol. The second kappa shape index (κ2) is 11.0. The minimum Gasteiger partial charge on any atom is -0.502 e. The van der Waals surface area contributed by atoms with Crippen LogP contribution in [0.4, 0.5) is 0 Å². The van der Waals surface area contributed by atoms with Gasteiger partial charge in [-0.1, -0.05) is 49.1 Å². The summed E-state index contributed by atoms with van der Waals surface area (Å²) in [5.74, 6) is 0. The fourth-order valence-corrected chi connectivity index (χ4v) is 3.06. The Morgan fingerprint density at radius 3 is 2.45 bits per heavy atom. The van der Waals surface area contributed by atoms with Crippen LogP contribution in [0.1, 0.15) is 18.4 Å². The molecular weight excluding hydrogens is 292 g/mol. The Hall–Kier alpha value is -1.62. The summed E-state index contributed by atoms with van der Waals surface area (Å²) in [6.45, 7) is 11.2. The maximum absolute atomic E-state index is 5.89. The van der Waals surface area contributed by atoms with E-state index in [4.69, 9.17) is 13.6 Å². The lowest BCUT2D eigenvalue weighted by molar-refractivity contribution is 0.183. The molecule has 0 spiro atoms. The number of unbranched alkanes of at least 4 members (excludes halogenated alkanes) is 1. The molecule has 3 nitrogen and oxygen atoms in total. The molecule has 0 aromatic heterocycles. The minimum absolute atomic E-state index is 0.531. The molecule has 1 aromatic rings. The lowest BCUT2D eigenvalue weighted by atomic mass is 10.2. The first-order valence-electron chi connectivity index (χ1n) is 7.56. The van der Waals surface area contributed by atoms with Crippen LogP contribution in [-0.2, 0) is 13.6 Å². The molecule has 1 aromatic carbocycles. The van der Waals surface area contributed by atoms with Gasteiger partial charge in [-0.25, -0.2) is 0 Å². The summed E-state index contributed by atoms with van der Waals surface area (Å²) in [6, 6.07) is 10.2. The molecule has 0 heterocycles. The van der Waals surface area contributed by atoms with Crippen LogP contribution >= 0.6 is 0 Å². The third-order valence-corrected chi connectivity index (χ3v) is 5.37. The van der Waals surface area contributed by atoms with E-state index in [2.05, 4.69) is 25.3 Å². The molecule has 4 heteroatoms. The predicted molar refractivity (Wildman–Crippen MR) is 94.6 cm³/mol. The van der Waals surface area contributed by atoms with Crippen LogP contribution < -0.4 is 0 Å². The summed E-state index contributed by atoms with van der Waals surface area (Å²) in [7, 11) is -2.28. The minimum atomic E-state index is -2.28. The van der Waals surface area contributed by atoms with Crippen molar-refractivity contribution in [3.8, 4) is 0 Å². The van der Waals surface area contributed by atoms with E-state index < -0.39 is 8.56 Å². The van der Waals surface area contributed by atoms with Gasteiger partial charge in [-0.3, -0.25) is 0 Å². The molecule has 0 saturated carbocycles. The van der Waals surface area contributed by atoms with Gasteiger partial charge in [0.2, 0.25) is 0 Å². The van der Waals surface area contributed by atoms with Gasteiger partial charge in [-0.05, 0) is 30.7 Å². The smallest absolute Gasteiger partial charge is 0.361 e. The van der Waals surface area contributed by atoms with Crippen LogP contribution in [0.25, 0.3) is 6.08 Å². The average Bonchev–Trinajstić information content (AvgIpc) is 2.56. The molecule has 0 radical (unpaired) electrons. The van der Waals surface area contributed by atoms with Gasteiger partial charge >= 0.3 is 8.56 Å². The van der Waals surface area contributed by atoms with Crippen LogP contribution in [-0.4, -0.2) is 28.4 Å². The quantitative estimate of drug-likeness (QED) is 0.323. The molecule has 0 aliphatic heterocycles. The highest BCUT2D eigenvalue weighted by molar-refractivity contribution is 6.71. The Kier molecular flexibility index (Phi) is 9.22. The van der Waals surface area contributed by atoms with Crippen LogP contribution in [0.2, 0.25) is 6.55 Å². The summed E-state index contributed by atoms with van der Waals surface area (Å²) < 4.78 is 16.9. The van der Waals surface area contributed by atoms with E-state index in [1.54, 1.807) is 0 Å². The molecule has 1 unspecified atom stereocenters. The van der Waals surface area contributed by atoms with Gasteiger partial charge in [0, 0.05) is 6.61 Å². The molecule has 0 saturated heterocycles. The molecule has 22 heavy (non-hydrogen) atoms. The van der Waals surface area contributed by atoms with E-state index in [1.807, 2.05) is 42.6 Å². The third kappa shape index (κ3) is 7.98. The molecule has 1 rings (SSSR count). The van der Waals surface area contributed by atoms with Crippen LogP contribution in [0.15, 0.2) is 61.5 Å². The first kappa shape index (κ1) is 18.4. The summed E-state index contributed by atoms with van der Waals surface area (Å²) in [4.78, 5) is 0. The highest BCUT2D eigenvalue weighted by atomic mass is 28.4. The van der Waals surface area contributed by atoms with Crippen molar-refractivity contribution >= 4 is 14.6 Å². The Morgan fingerprint density at radius 2 is 1.77 bits per heavy atom. The zero-order valence-electron chi connectivity index (χ0n) is 13.4. The van der Waals surface area contributed by atoms with E-state index >= 15 is 0 Å². The van der Waals surface area contributed by atoms with Gasteiger partial charge in [0.25, 0.3) is 0 Å². The van der Waals surface area contributed by atoms with Crippen molar-refractivity contribution in [3.63, 3.8) is 0 Å². The highest BCUT2D eigenvalue weighted by Crippen LogP contribution is 2.10. The monoisotopic (exact) mass is 318 g/mol. The number of rotatable bonds is 12. The summed E-state index contributed by atoms with van der Waals surface area (Å²) in [5, 5.41) is 0. The number of ether oxygens (including phenoxy) is 1. The Morgan fingerprint density at radius 1 is 1.05 bits per heavy atom. The van der Waals surface area contributed by atoms with E-state index in [1.165, 1.54) is 6.26 Å². The normalized spacial score (nSPS) is 13.7. The molecule has 0 fully saturated rings. The van der Waals surface area contributed by atoms with Crippen molar-refractivity contribution < 1.29 is 13.6 Å². The lowest BCUT2D eigenvalue weighted by Crippen LogP contribution is -2.37. The van der Waals surface area contributed by atoms with Crippen molar-refractivity contribution in [2.75, 3.05) is 19.8 Å². The molecule has 0 bridgehead atoms. The topological polar surface area (TPSA) is 27.7 Å². The van der Waals surface area contributed by atoms with Gasteiger partial charge in [0.15, 0.2) is 0 Å². The summed E-state index contributed by atoms with van der Waals surface area (Å²) in [5.41, 5.74) is 2.99. The maximum Gasteiger partial charge on any atom is 0.361 e. The highest BCUT2D eigenvalue weighted by Gasteiger charge is 2.26. The predicted octanol–water partition coefficient (Wildman–Crippen LogP) is 4.47. The van der Waals surface area contributed by atoms with Crippen molar-refractivity contribution in [1.82, 2.24) is 0 Å². The van der Waals surface area contributed by atoms with Crippen molar-refractivity contribution in [1.29, 1.82) is 0 Å². The molecule has 120 valence electrons. The van der Waals surface area contributed by atoms with Crippen LogP contribution in [0, 0.1) is 0 Å². The van der Waals surface area contributed by atoms with Gasteiger partial charge in [-0.15, -0.1) is 6.58 Å². The van der Waals surface area contributed by atoms with Gasteiger partial charge in [-0.2, -0.15) is 0 Å². The maximum atomic E-state index is 5.89. The second-order valence-corrected chi connectivity index (χ2v) is 7.95. The van der Waals surface area contributed by atoms with Crippen LogP contribution in [0.5, 0.6) is 0 Å². The van der Waals surface area contributed by atoms with Crippen molar-refractivity contribution in [3.05, 3.63) is 67.1 Å². The Balaban J connectivity index is 2.25. The number of benzene rings is 1. The molecule has 0 aliphatic carbocycles. The zero-order chi connectivity index (χ0) is 16.1. The lowest BCUT2D eigenvalue weighted by Gasteiger charge is -2.22. The second-order valence-electron chi connectivity index (χ2n) is 4.94. The Bertz CT molecular complexity index is 459. The fourth-order valence-electron chi connectivity index (χ4n) is 1.77. The third-order valence-electron chi connectivity index (χ3n) is 3.11. The number of hydrogen-bond donors (Lipinski definition) is 0. The van der Waals surface area contributed by atoms with Crippen molar-refractivity contribution in [2.24, 2.45) is 0 Å². The zero-order valence-corrected chi connectivity index (χ0v) is 14.4. The first-order valence-corrected chi connectivity index (χ1v) is 9.95. The van der Waals surface area contributed by atoms with Gasteiger partial charge in [0.05, 0.1) is 19.5 Å². The molecule has 1 atom stereocenters. The van der Waals surface area contributed by atoms with E-state index in [9.17, 15) is 0 Å². The molecule has 0 amide bonds. The summed E-state index contributed by atoms with van der Waals surface area (Å²) in [6.07, 6.45) is 7.40. The summed E-state index contributed by atoms with van der Waals surface area (Å²) >= 11 is 0. The van der Waals surface area contributed by atoms with E-state index in [0.29, 0.717) is 19.8 Å². The molecular formula is C18H26O3Si. The Labute approximate surface area is 135 Å².